The summed E-state index contributed by atoms with van der Waals surface area (Å²) in [6, 6.07) is 14.1. The molecule has 1 aromatic carbocycles. The largest absolute Gasteiger partial charge is 0.337 e. The van der Waals surface area contributed by atoms with E-state index in [-0.39, 0.29) is 11.9 Å². The summed E-state index contributed by atoms with van der Waals surface area (Å²) < 4.78 is 0.863. The smallest absolute Gasteiger partial charge is 0.263 e. The van der Waals surface area contributed by atoms with Crippen LogP contribution in [0.1, 0.15) is 16.6 Å². The van der Waals surface area contributed by atoms with Gasteiger partial charge in [0.05, 0.1) is 9.58 Å². The van der Waals surface area contributed by atoms with Gasteiger partial charge in [-0.05, 0) is 36.6 Å². The Labute approximate surface area is 154 Å². The van der Waals surface area contributed by atoms with E-state index in [2.05, 4.69) is 24.0 Å². The zero-order valence-electron chi connectivity index (χ0n) is 13.4. The lowest BCUT2D eigenvalue weighted by Crippen LogP contribution is -2.36. The molecular weight excluding hydrogens is 360 g/mol. The Balaban J connectivity index is 1.69. The van der Waals surface area contributed by atoms with Crippen LogP contribution in [0.15, 0.2) is 53.6 Å². The number of fused-ring (bicyclic) bond motifs is 1. The van der Waals surface area contributed by atoms with Gasteiger partial charge in [-0.15, -0.1) is 23.1 Å². The van der Waals surface area contributed by atoms with Gasteiger partial charge in [0.15, 0.2) is 0 Å². The fraction of sp³-hybridized carbons (Fsp3) is 0.222. The third-order valence-electron chi connectivity index (χ3n) is 3.82. The average Bonchev–Trinajstić information content (AvgIpc) is 3.05. The van der Waals surface area contributed by atoms with Crippen LogP contribution in [0.25, 0.3) is 10.1 Å². The highest BCUT2D eigenvalue weighted by Crippen LogP contribution is 2.31. The molecule has 0 saturated heterocycles. The number of benzene rings is 1. The minimum atomic E-state index is 0.0217. The highest BCUT2D eigenvalue weighted by molar-refractivity contribution is 7.99. The molecule has 0 bridgehead atoms. The Morgan fingerprint density at radius 1 is 1.33 bits per heavy atom. The number of aromatic nitrogens is 1. The van der Waals surface area contributed by atoms with Crippen LogP contribution in [0.4, 0.5) is 0 Å². The molecule has 6 heteroatoms. The van der Waals surface area contributed by atoms with Gasteiger partial charge >= 0.3 is 0 Å². The minimum Gasteiger partial charge on any atom is -0.337 e. The summed E-state index contributed by atoms with van der Waals surface area (Å²) in [7, 11) is 1.85. The van der Waals surface area contributed by atoms with Gasteiger partial charge in [0, 0.05) is 29.9 Å². The van der Waals surface area contributed by atoms with Gasteiger partial charge in [-0.3, -0.25) is 4.79 Å². The van der Waals surface area contributed by atoms with Gasteiger partial charge in [0.2, 0.25) is 0 Å². The molecule has 3 nitrogen and oxygen atoms in total. The number of halogens is 1. The van der Waals surface area contributed by atoms with Crippen molar-refractivity contribution in [3.8, 4) is 0 Å². The number of rotatable bonds is 5. The normalized spacial score (nSPS) is 12.3. The average molecular weight is 377 g/mol. The van der Waals surface area contributed by atoms with Gasteiger partial charge in [0.1, 0.15) is 5.15 Å². The zero-order valence-corrected chi connectivity index (χ0v) is 15.8. The molecule has 0 saturated carbocycles. The standard InChI is InChI=1S/C18H17ClN2OS2/c1-12(11-23-14-6-4-3-5-7-14)21(2)18(22)15-10-13-8-9-20-17(19)16(13)24-15/h3-10,12H,11H2,1-2H3. The Kier molecular flexibility index (Phi) is 5.43. The van der Waals surface area contributed by atoms with Crippen LogP contribution in [-0.4, -0.2) is 34.6 Å². The molecule has 0 aliphatic heterocycles. The van der Waals surface area contributed by atoms with E-state index < -0.39 is 0 Å². The summed E-state index contributed by atoms with van der Waals surface area (Å²) in [5.41, 5.74) is 0. The van der Waals surface area contributed by atoms with Crippen molar-refractivity contribution in [1.29, 1.82) is 0 Å². The summed E-state index contributed by atoms with van der Waals surface area (Å²) in [6.45, 7) is 2.07. The van der Waals surface area contributed by atoms with Crippen LogP contribution in [0.5, 0.6) is 0 Å². The minimum absolute atomic E-state index is 0.0217. The lowest BCUT2D eigenvalue weighted by Gasteiger charge is -2.24. The fourth-order valence-electron chi connectivity index (χ4n) is 2.26. The van der Waals surface area contributed by atoms with E-state index in [4.69, 9.17) is 11.6 Å². The lowest BCUT2D eigenvalue weighted by molar-refractivity contribution is 0.0762. The Bertz CT molecular complexity index is 851. The molecule has 0 radical (unpaired) electrons. The van der Waals surface area contributed by atoms with E-state index in [1.807, 2.05) is 37.4 Å². The number of hydrogen-bond acceptors (Lipinski definition) is 4. The Hall–Kier alpha value is -1.56. The molecule has 2 heterocycles. The number of amides is 1. The molecule has 124 valence electrons. The van der Waals surface area contributed by atoms with Crippen molar-refractivity contribution in [3.63, 3.8) is 0 Å². The van der Waals surface area contributed by atoms with Crippen molar-refractivity contribution in [2.24, 2.45) is 0 Å². The predicted molar refractivity (Wildman–Crippen MR) is 103 cm³/mol. The third kappa shape index (κ3) is 3.74. The van der Waals surface area contributed by atoms with E-state index in [0.717, 1.165) is 15.8 Å². The summed E-state index contributed by atoms with van der Waals surface area (Å²) in [5, 5.41) is 1.41. The number of nitrogens with zero attached hydrogens (tertiary/aromatic N) is 2. The number of carbonyl (C=O) groups excluding carboxylic acids is 1. The first-order valence-corrected chi connectivity index (χ1v) is 9.73. The molecule has 1 atom stereocenters. The molecule has 1 unspecified atom stereocenters. The predicted octanol–water partition coefficient (Wildman–Crippen LogP) is 5.20. The maximum atomic E-state index is 12.7. The Morgan fingerprint density at radius 2 is 2.08 bits per heavy atom. The van der Waals surface area contributed by atoms with Crippen molar-refractivity contribution < 1.29 is 4.79 Å². The van der Waals surface area contributed by atoms with Crippen LogP contribution in [-0.2, 0) is 0 Å². The van der Waals surface area contributed by atoms with Gasteiger partial charge in [-0.2, -0.15) is 0 Å². The van der Waals surface area contributed by atoms with Crippen molar-refractivity contribution in [3.05, 3.63) is 58.7 Å². The molecule has 0 fully saturated rings. The van der Waals surface area contributed by atoms with Gasteiger partial charge in [0.25, 0.3) is 5.91 Å². The third-order valence-corrected chi connectivity index (χ3v) is 6.62. The summed E-state index contributed by atoms with van der Waals surface area (Å²) in [4.78, 5) is 20.5. The molecule has 3 aromatic rings. The van der Waals surface area contributed by atoms with Gasteiger partial charge in [-0.1, -0.05) is 29.8 Å². The SMILES string of the molecule is CC(CSc1ccccc1)N(C)C(=O)c1cc2ccnc(Cl)c2s1. The molecule has 3 rings (SSSR count). The first-order valence-electron chi connectivity index (χ1n) is 7.55. The number of pyridine rings is 1. The van der Waals surface area contributed by atoms with Crippen molar-refractivity contribution in [2.45, 2.75) is 17.9 Å². The van der Waals surface area contributed by atoms with E-state index in [9.17, 15) is 4.79 Å². The second-order valence-electron chi connectivity index (χ2n) is 5.52. The topological polar surface area (TPSA) is 33.2 Å². The molecule has 2 aromatic heterocycles. The second kappa shape index (κ2) is 7.55. The van der Waals surface area contributed by atoms with Gasteiger partial charge < -0.3 is 4.90 Å². The first kappa shape index (κ1) is 17.3. The monoisotopic (exact) mass is 376 g/mol. The van der Waals surface area contributed by atoms with Crippen LogP contribution in [0.2, 0.25) is 5.15 Å². The van der Waals surface area contributed by atoms with Crippen LogP contribution in [0, 0.1) is 0 Å². The number of thioether (sulfide) groups is 1. The lowest BCUT2D eigenvalue weighted by atomic mass is 10.2. The van der Waals surface area contributed by atoms with Crippen LogP contribution < -0.4 is 0 Å². The highest BCUT2D eigenvalue weighted by Gasteiger charge is 2.20. The highest BCUT2D eigenvalue weighted by atomic mass is 35.5. The van der Waals surface area contributed by atoms with Crippen molar-refractivity contribution in [2.75, 3.05) is 12.8 Å². The van der Waals surface area contributed by atoms with Crippen LogP contribution >= 0.6 is 34.7 Å². The molecule has 0 spiro atoms. The molecule has 0 aliphatic rings. The second-order valence-corrected chi connectivity index (χ2v) is 8.02. The summed E-state index contributed by atoms with van der Waals surface area (Å²) in [5.74, 6) is 0.868. The molecule has 0 N–H and O–H groups in total. The quantitative estimate of drug-likeness (QED) is 0.453. The van der Waals surface area contributed by atoms with E-state index in [1.54, 1.807) is 22.9 Å². The zero-order chi connectivity index (χ0) is 17.1. The fourth-order valence-corrected chi connectivity index (χ4v) is 4.56. The van der Waals surface area contributed by atoms with Crippen molar-refractivity contribution in [1.82, 2.24) is 9.88 Å². The first-order chi connectivity index (χ1) is 11.6. The van der Waals surface area contributed by atoms with Gasteiger partial charge in [-0.25, -0.2) is 4.98 Å². The summed E-state index contributed by atoms with van der Waals surface area (Å²) >= 11 is 9.26. The van der Waals surface area contributed by atoms with Crippen molar-refractivity contribution >= 4 is 50.7 Å². The molecule has 1 amide bonds. The van der Waals surface area contributed by atoms with Crippen LogP contribution in [0.3, 0.4) is 0 Å². The van der Waals surface area contributed by atoms with E-state index in [0.29, 0.717) is 10.0 Å². The maximum absolute atomic E-state index is 12.7. The Morgan fingerprint density at radius 3 is 2.79 bits per heavy atom. The maximum Gasteiger partial charge on any atom is 0.263 e. The molecule has 24 heavy (non-hydrogen) atoms. The summed E-state index contributed by atoms with van der Waals surface area (Å²) in [6.07, 6.45) is 1.66. The number of carbonyl (C=O) groups is 1. The number of hydrogen-bond donors (Lipinski definition) is 0. The molecule has 0 aliphatic carbocycles. The molecular formula is C18H17ClN2OS2. The number of thiophene rings is 1. The van der Waals surface area contributed by atoms with E-state index in [1.165, 1.54) is 16.2 Å². The van der Waals surface area contributed by atoms with E-state index >= 15 is 0 Å².